The van der Waals surface area contributed by atoms with Gasteiger partial charge in [0.2, 0.25) is 0 Å². The average molecular weight is 499 g/mol. The molecule has 1 fully saturated rings. The van der Waals surface area contributed by atoms with Crippen molar-refractivity contribution in [3.8, 4) is 5.75 Å². The largest absolute Gasteiger partial charge is 0.497 e. The molecular formula is C26H31ClN4O4. The normalized spacial score (nSPS) is 16.8. The predicted octanol–water partition coefficient (Wildman–Crippen LogP) is 4.30. The molecule has 0 bridgehead atoms. The fourth-order valence-corrected chi connectivity index (χ4v) is 5.19. The second kappa shape index (κ2) is 11.3. The molecule has 186 valence electrons. The van der Waals surface area contributed by atoms with Gasteiger partial charge >= 0.3 is 5.97 Å². The van der Waals surface area contributed by atoms with Crippen LogP contribution in [-0.2, 0) is 11.2 Å². The smallest absolute Gasteiger partial charge is 0.309 e. The van der Waals surface area contributed by atoms with E-state index in [2.05, 4.69) is 19.9 Å². The van der Waals surface area contributed by atoms with Crippen molar-refractivity contribution in [2.75, 3.05) is 26.7 Å². The number of hydrogen-bond donors (Lipinski definition) is 2. The van der Waals surface area contributed by atoms with E-state index < -0.39 is 17.5 Å². The van der Waals surface area contributed by atoms with Crippen LogP contribution in [-0.4, -0.2) is 62.8 Å². The molecule has 2 aromatic heterocycles. The third-order valence-electron chi connectivity index (χ3n) is 7.09. The molecule has 1 aliphatic heterocycles. The van der Waals surface area contributed by atoms with E-state index in [1.165, 1.54) is 6.20 Å². The van der Waals surface area contributed by atoms with Crippen LogP contribution in [0.2, 0.25) is 5.02 Å². The number of likely N-dealkylation sites (tertiary alicyclic amines) is 1. The van der Waals surface area contributed by atoms with Crippen LogP contribution in [0, 0.1) is 5.41 Å². The lowest BCUT2D eigenvalue weighted by atomic mass is 9.74. The molecular weight excluding hydrogens is 468 g/mol. The molecule has 0 aliphatic carbocycles. The number of methoxy groups -OCH3 is 1. The molecule has 1 atom stereocenters. The number of carbonyl (C=O) groups is 1. The minimum atomic E-state index is -0.902. The zero-order chi connectivity index (χ0) is 24.8. The van der Waals surface area contributed by atoms with Gasteiger partial charge in [0.1, 0.15) is 5.75 Å². The van der Waals surface area contributed by atoms with E-state index in [1.807, 2.05) is 6.07 Å². The molecule has 0 radical (unpaired) electrons. The van der Waals surface area contributed by atoms with Gasteiger partial charge in [-0.05, 0) is 76.4 Å². The van der Waals surface area contributed by atoms with Crippen molar-refractivity contribution in [3.05, 3.63) is 59.3 Å². The van der Waals surface area contributed by atoms with Crippen molar-refractivity contribution in [1.82, 2.24) is 19.9 Å². The molecule has 0 spiro atoms. The van der Waals surface area contributed by atoms with E-state index in [-0.39, 0.29) is 0 Å². The number of aromatic nitrogens is 3. The fourth-order valence-electron chi connectivity index (χ4n) is 4.91. The molecule has 1 saturated heterocycles. The summed E-state index contributed by atoms with van der Waals surface area (Å²) in [5, 5.41) is 22.3. The first-order chi connectivity index (χ1) is 16.9. The fraction of sp³-hybridized carbons (Fsp3) is 0.462. The number of carboxylic acids is 1. The Kier molecular flexibility index (Phi) is 8.15. The van der Waals surface area contributed by atoms with Crippen LogP contribution in [0.1, 0.15) is 49.5 Å². The number of rotatable bonds is 10. The summed E-state index contributed by atoms with van der Waals surface area (Å²) in [6, 6.07) is 5.43. The summed E-state index contributed by atoms with van der Waals surface area (Å²) >= 11 is 6.43. The highest BCUT2D eigenvalue weighted by Gasteiger charge is 2.41. The average Bonchev–Trinajstić information content (AvgIpc) is 2.88. The summed E-state index contributed by atoms with van der Waals surface area (Å²) in [5.74, 6) is -0.153. The second-order valence-corrected chi connectivity index (χ2v) is 9.59. The number of fused-ring (bicyclic) bond motifs is 1. The van der Waals surface area contributed by atoms with Crippen molar-refractivity contribution >= 4 is 28.5 Å². The standard InChI is InChI=1S/C26H31ClN4O4/c1-35-19-4-5-22-20(15-19)24(21(27)17-30-22)23(32)6-7-26(25(33)34)8-13-31(14-9-26)12-2-3-18-16-28-10-11-29-18/h4-5,10-11,15-17,23,32H,2-3,6-9,12-14H2,1H3,(H,33,34)/t23-/m1/s1. The summed E-state index contributed by atoms with van der Waals surface area (Å²) in [6.07, 6.45) is 9.37. The van der Waals surface area contributed by atoms with E-state index >= 15 is 0 Å². The van der Waals surface area contributed by atoms with Gasteiger partial charge in [-0.25, -0.2) is 0 Å². The lowest BCUT2D eigenvalue weighted by molar-refractivity contribution is -0.153. The van der Waals surface area contributed by atoms with E-state index in [9.17, 15) is 15.0 Å². The molecule has 1 aliphatic rings. The Morgan fingerprint density at radius 2 is 2.03 bits per heavy atom. The van der Waals surface area contributed by atoms with Gasteiger partial charge in [-0.1, -0.05) is 11.6 Å². The van der Waals surface area contributed by atoms with Gasteiger partial charge in [-0.2, -0.15) is 0 Å². The Hall–Kier alpha value is -2.81. The molecule has 3 aromatic rings. The maximum absolute atomic E-state index is 12.3. The first-order valence-electron chi connectivity index (χ1n) is 11.9. The molecule has 3 heterocycles. The molecule has 0 saturated carbocycles. The molecule has 9 heteroatoms. The van der Waals surface area contributed by atoms with E-state index in [0.717, 1.165) is 38.2 Å². The SMILES string of the molecule is COc1ccc2ncc(Cl)c([C@H](O)CCC3(C(=O)O)CCN(CCCc4cnccn4)CC3)c2c1. The Labute approximate surface area is 209 Å². The minimum absolute atomic E-state index is 0.301. The monoisotopic (exact) mass is 498 g/mol. The Bertz CT molecular complexity index is 1150. The molecule has 35 heavy (non-hydrogen) atoms. The number of aliphatic carboxylic acids is 1. The number of aliphatic hydroxyl groups is 1. The number of nitrogens with zero attached hydrogens (tertiary/aromatic N) is 4. The van der Waals surface area contributed by atoms with Gasteiger partial charge in [0.25, 0.3) is 0 Å². The number of carboxylic acid groups (broad SMARTS) is 1. The van der Waals surface area contributed by atoms with E-state index in [1.54, 1.807) is 37.8 Å². The van der Waals surface area contributed by atoms with Crippen molar-refractivity contribution in [3.63, 3.8) is 0 Å². The highest BCUT2D eigenvalue weighted by atomic mass is 35.5. The Morgan fingerprint density at radius 3 is 2.71 bits per heavy atom. The zero-order valence-corrected chi connectivity index (χ0v) is 20.6. The van der Waals surface area contributed by atoms with E-state index in [4.69, 9.17) is 16.3 Å². The highest BCUT2D eigenvalue weighted by Crippen LogP contribution is 2.41. The zero-order valence-electron chi connectivity index (χ0n) is 19.9. The first kappa shape index (κ1) is 25.3. The maximum Gasteiger partial charge on any atom is 0.309 e. The summed E-state index contributed by atoms with van der Waals surface area (Å²) in [7, 11) is 1.58. The third-order valence-corrected chi connectivity index (χ3v) is 7.39. The van der Waals surface area contributed by atoms with Crippen molar-refractivity contribution in [2.24, 2.45) is 5.41 Å². The number of ether oxygens (including phenoxy) is 1. The maximum atomic E-state index is 12.3. The van der Waals surface area contributed by atoms with Gasteiger partial charge in [0.05, 0.1) is 34.9 Å². The minimum Gasteiger partial charge on any atom is -0.497 e. The Morgan fingerprint density at radius 1 is 1.23 bits per heavy atom. The molecule has 0 unspecified atom stereocenters. The lowest BCUT2D eigenvalue weighted by Gasteiger charge is -2.39. The second-order valence-electron chi connectivity index (χ2n) is 9.18. The van der Waals surface area contributed by atoms with Crippen LogP contribution >= 0.6 is 11.6 Å². The number of pyridine rings is 1. The van der Waals surface area contributed by atoms with Gasteiger partial charge in [0, 0.05) is 35.7 Å². The summed E-state index contributed by atoms with van der Waals surface area (Å²) in [5.41, 5.74) is 1.39. The number of halogens is 1. The molecule has 8 nitrogen and oxygen atoms in total. The van der Waals surface area contributed by atoms with Crippen LogP contribution < -0.4 is 4.74 Å². The van der Waals surface area contributed by atoms with Crippen LogP contribution in [0.25, 0.3) is 10.9 Å². The first-order valence-corrected chi connectivity index (χ1v) is 12.3. The predicted molar refractivity (Wildman–Crippen MR) is 134 cm³/mol. The molecule has 0 amide bonds. The van der Waals surface area contributed by atoms with Crippen molar-refractivity contribution in [1.29, 1.82) is 0 Å². The van der Waals surface area contributed by atoms with Gasteiger partial charge in [-0.15, -0.1) is 0 Å². The van der Waals surface area contributed by atoms with Crippen LogP contribution in [0.3, 0.4) is 0 Å². The summed E-state index contributed by atoms with van der Waals surface area (Å²) in [6.45, 7) is 2.34. The highest BCUT2D eigenvalue weighted by molar-refractivity contribution is 6.32. The quantitative estimate of drug-likeness (QED) is 0.426. The van der Waals surface area contributed by atoms with Crippen LogP contribution in [0.15, 0.2) is 43.0 Å². The summed E-state index contributed by atoms with van der Waals surface area (Å²) < 4.78 is 5.32. The number of aryl methyl sites for hydroxylation is 1. The van der Waals surface area contributed by atoms with Crippen molar-refractivity contribution in [2.45, 2.75) is 44.6 Å². The van der Waals surface area contributed by atoms with Crippen LogP contribution in [0.4, 0.5) is 0 Å². The molecule has 4 rings (SSSR count). The Balaban J connectivity index is 1.38. The number of aliphatic hydroxyl groups excluding tert-OH is 1. The topological polar surface area (TPSA) is 109 Å². The number of hydrogen-bond acceptors (Lipinski definition) is 7. The molecule has 1 aromatic carbocycles. The third kappa shape index (κ3) is 5.89. The van der Waals surface area contributed by atoms with Crippen LogP contribution in [0.5, 0.6) is 5.75 Å². The summed E-state index contributed by atoms with van der Waals surface area (Å²) in [4.78, 5) is 27.4. The number of benzene rings is 1. The lowest BCUT2D eigenvalue weighted by Crippen LogP contribution is -2.44. The van der Waals surface area contributed by atoms with Gasteiger partial charge < -0.3 is 19.8 Å². The van der Waals surface area contributed by atoms with Gasteiger partial charge in [0.15, 0.2) is 0 Å². The number of piperidine rings is 1. The van der Waals surface area contributed by atoms with Gasteiger partial charge in [-0.3, -0.25) is 19.7 Å². The molecule has 2 N–H and O–H groups in total. The van der Waals surface area contributed by atoms with Crippen molar-refractivity contribution < 1.29 is 19.7 Å². The van der Waals surface area contributed by atoms with E-state index in [0.29, 0.717) is 52.9 Å².